The molecule has 2 aliphatic rings. The average Bonchev–Trinajstić information content (AvgIpc) is 3.04. The third kappa shape index (κ3) is 4.23. The van der Waals surface area contributed by atoms with Crippen LogP contribution in [0.2, 0.25) is 0 Å². The maximum Gasteiger partial charge on any atom is 0.241 e. The maximum atomic E-state index is 12.9. The molecular formula is C21H24N2O5S. The van der Waals surface area contributed by atoms with Crippen LogP contribution in [0.4, 0.5) is 5.69 Å². The van der Waals surface area contributed by atoms with Crippen molar-refractivity contribution in [3.8, 4) is 11.5 Å². The van der Waals surface area contributed by atoms with Gasteiger partial charge < -0.3 is 14.4 Å². The molecule has 0 spiro atoms. The van der Waals surface area contributed by atoms with Gasteiger partial charge in [-0.05, 0) is 36.4 Å². The zero-order chi connectivity index (χ0) is 20.4. The highest BCUT2D eigenvalue weighted by molar-refractivity contribution is 7.91. The van der Waals surface area contributed by atoms with Gasteiger partial charge in [0, 0.05) is 18.3 Å². The second-order valence-electron chi connectivity index (χ2n) is 7.31. The molecule has 4 rings (SSSR count). The number of ether oxygens (including phenoxy) is 2. The molecule has 2 fully saturated rings. The summed E-state index contributed by atoms with van der Waals surface area (Å²) in [5, 5.41) is 0. The number of amides is 1. The minimum atomic E-state index is -3.20. The van der Waals surface area contributed by atoms with E-state index in [0.29, 0.717) is 18.9 Å². The standard InChI is InChI=1S/C21H24N2O5S/c1-27-17-7-9-18(10-8-17)28-12-11-22-13-21(24)23(16-5-3-2-4-6-16)20-15-29(25,26)14-19(20)22/h2-10,19-20H,11-15H2,1H3/t19-,20+/m0/s1. The lowest BCUT2D eigenvalue weighted by atomic mass is 10.0. The number of piperazine rings is 1. The highest BCUT2D eigenvalue weighted by atomic mass is 32.2. The van der Waals surface area contributed by atoms with Crippen LogP contribution >= 0.6 is 0 Å². The Morgan fingerprint density at radius 1 is 0.966 bits per heavy atom. The summed E-state index contributed by atoms with van der Waals surface area (Å²) in [6.07, 6.45) is 0. The first kappa shape index (κ1) is 19.7. The number of sulfone groups is 1. The predicted molar refractivity (Wildman–Crippen MR) is 110 cm³/mol. The second-order valence-corrected chi connectivity index (χ2v) is 9.46. The summed E-state index contributed by atoms with van der Waals surface area (Å²) in [5.74, 6) is 1.43. The second kappa shape index (κ2) is 8.04. The number of fused-ring (bicyclic) bond motifs is 1. The first-order chi connectivity index (χ1) is 14.0. The Morgan fingerprint density at radius 3 is 2.31 bits per heavy atom. The van der Waals surface area contributed by atoms with E-state index in [0.717, 1.165) is 11.4 Å². The van der Waals surface area contributed by atoms with Gasteiger partial charge in [0.1, 0.15) is 18.1 Å². The molecule has 8 heteroatoms. The average molecular weight is 416 g/mol. The van der Waals surface area contributed by atoms with Crippen molar-refractivity contribution in [1.29, 1.82) is 0 Å². The Balaban J connectivity index is 1.46. The van der Waals surface area contributed by atoms with Crippen LogP contribution in [0.15, 0.2) is 54.6 Å². The van der Waals surface area contributed by atoms with Gasteiger partial charge in [-0.1, -0.05) is 18.2 Å². The highest BCUT2D eigenvalue weighted by Gasteiger charge is 2.49. The van der Waals surface area contributed by atoms with Crippen molar-refractivity contribution >= 4 is 21.4 Å². The number of anilines is 1. The van der Waals surface area contributed by atoms with E-state index in [9.17, 15) is 13.2 Å². The molecule has 0 radical (unpaired) electrons. The maximum absolute atomic E-state index is 12.9. The van der Waals surface area contributed by atoms with Gasteiger partial charge in [-0.25, -0.2) is 8.42 Å². The fourth-order valence-electron chi connectivity index (χ4n) is 4.08. The topological polar surface area (TPSA) is 76.2 Å². The lowest BCUT2D eigenvalue weighted by molar-refractivity contribution is -0.123. The number of rotatable bonds is 6. The van der Waals surface area contributed by atoms with E-state index in [1.807, 2.05) is 59.5 Å². The van der Waals surface area contributed by atoms with E-state index in [4.69, 9.17) is 9.47 Å². The van der Waals surface area contributed by atoms with Crippen LogP contribution in [0, 0.1) is 0 Å². The van der Waals surface area contributed by atoms with E-state index in [1.54, 1.807) is 12.0 Å². The lowest BCUT2D eigenvalue weighted by Crippen LogP contribution is -2.62. The van der Waals surface area contributed by atoms with Crippen LogP contribution in [0.1, 0.15) is 0 Å². The molecule has 0 bridgehead atoms. The van der Waals surface area contributed by atoms with E-state index >= 15 is 0 Å². The minimum Gasteiger partial charge on any atom is -0.497 e. The molecule has 2 heterocycles. The number of nitrogens with zero attached hydrogens (tertiary/aromatic N) is 2. The molecule has 2 saturated heterocycles. The van der Waals surface area contributed by atoms with Gasteiger partial charge in [0.15, 0.2) is 9.84 Å². The van der Waals surface area contributed by atoms with Crippen LogP contribution in [0.3, 0.4) is 0 Å². The lowest BCUT2D eigenvalue weighted by Gasteiger charge is -2.43. The fraction of sp³-hybridized carbons (Fsp3) is 0.381. The molecule has 0 saturated carbocycles. The first-order valence-corrected chi connectivity index (χ1v) is 11.4. The molecule has 2 aliphatic heterocycles. The van der Waals surface area contributed by atoms with E-state index in [1.165, 1.54) is 0 Å². The van der Waals surface area contributed by atoms with Crippen LogP contribution in [-0.2, 0) is 14.6 Å². The third-order valence-electron chi connectivity index (χ3n) is 5.44. The number of benzene rings is 2. The zero-order valence-corrected chi connectivity index (χ0v) is 17.0. The smallest absolute Gasteiger partial charge is 0.241 e. The number of hydrogen-bond donors (Lipinski definition) is 0. The summed E-state index contributed by atoms with van der Waals surface area (Å²) < 4.78 is 35.7. The molecule has 29 heavy (non-hydrogen) atoms. The van der Waals surface area contributed by atoms with Crippen molar-refractivity contribution in [3.63, 3.8) is 0 Å². The van der Waals surface area contributed by atoms with Crippen LogP contribution in [0.5, 0.6) is 11.5 Å². The SMILES string of the molecule is COc1ccc(OCCN2CC(=O)N(c3ccccc3)[C@@H]3CS(=O)(=O)C[C@@H]32)cc1. The largest absolute Gasteiger partial charge is 0.497 e. The fourth-order valence-corrected chi connectivity index (χ4v) is 6.06. The van der Waals surface area contributed by atoms with Crippen molar-refractivity contribution in [2.24, 2.45) is 0 Å². The number of methoxy groups -OCH3 is 1. The number of hydrogen-bond acceptors (Lipinski definition) is 6. The third-order valence-corrected chi connectivity index (χ3v) is 7.14. The van der Waals surface area contributed by atoms with Crippen molar-refractivity contribution in [3.05, 3.63) is 54.6 Å². The summed E-state index contributed by atoms with van der Waals surface area (Å²) in [6, 6.07) is 16.0. The molecule has 1 amide bonds. The van der Waals surface area contributed by atoms with Gasteiger partial charge in [0.05, 0.1) is 31.2 Å². The van der Waals surface area contributed by atoms with Gasteiger partial charge in [0.25, 0.3) is 0 Å². The molecule has 154 valence electrons. The van der Waals surface area contributed by atoms with Gasteiger partial charge in [-0.2, -0.15) is 0 Å². The normalized spacial score (nSPS) is 23.6. The monoisotopic (exact) mass is 416 g/mol. The number of carbonyl (C=O) groups is 1. The molecule has 2 atom stereocenters. The summed E-state index contributed by atoms with van der Waals surface area (Å²) in [4.78, 5) is 16.5. The molecular weight excluding hydrogens is 392 g/mol. The highest BCUT2D eigenvalue weighted by Crippen LogP contribution is 2.31. The Morgan fingerprint density at radius 2 is 1.62 bits per heavy atom. The minimum absolute atomic E-state index is 0.00582. The summed E-state index contributed by atoms with van der Waals surface area (Å²) in [6.45, 7) is 1.03. The Kier molecular flexibility index (Phi) is 5.47. The Labute approximate surface area is 170 Å². The van der Waals surface area contributed by atoms with Crippen molar-refractivity contribution in [2.45, 2.75) is 12.1 Å². The van der Waals surface area contributed by atoms with Gasteiger partial charge in [-0.15, -0.1) is 0 Å². The van der Waals surface area contributed by atoms with E-state index in [2.05, 4.69) is 0 Å². The van der Waals surface area contributed by atoms with Crippen LogP contribution in [-0.4, -0.2) is 69.6 Å². The first-order valence-electron chi connectivity index (χ1n) is 9.55. The zero-order valence-electron chi connectivity index (χ0n) is 16.2. The van der Waals surface area contributed by atoms with E-state index in [-0.39, 0.29) is 36.0 Å². The molecule has 0 N–H and O–H groups in total. The van der Waals surface area contributed by atoms with Gasteiger partial charge in [0.2, 0.25) is 5.91 Å². The molecule has 0 aliphatic carbocycles. The van der Waals surface area contributed by atoms with Crippen LogP contribution in [0.25, 0.3) is 0 Å². The Hall–Kier alpha value is -2.58. The quantitative estimate of drug-likeness (QED) is 0.712. The number of para-hydroxylation sites is 1. The Bertz CT molecular complexity index is 962. The van der Waals surface area contributed by atoms with Crippen LogP contribution < -0.4 is 14.4 Å². The van der Waals surface area contributed by atoms with Crippen molar-refractivity contribution in [2.75, 3.05) is 43.2 Å². The van der Waals surface area contributed by atoms with Gasteiger partial charge >= 0.3 is 0 Å². The molecule has 0 unspecified atom stereocenters. The molecule has 0 aromatic heterocycles. The summed E-state index contributed by atoms with van der Waals surface area (Å²) in [5.41, 5.74) is 0.749. The summed E-state index contributed by atoms with van der Waals surface area (Å²) >= 11 is 0. The number of carbonyl (C=O) groups excluding carboxylic acids is 1. The van der Waals surface area contributed by atoms with Gasteiger partial charge in [-0.3, -0.25) is 9.69 Å². The van der Waals surface area contributed by atoms with Crippen molar-refractivity contribution in [1.82, 2.24) is 4.90 Å². The summed E-state index contributed by atoms with van der Waals surface area (Å²) in [7, 11) is -1.60. The van der Waals surface area contributed by atoms with E-state index < -0.39 is 9.84 Å². The predicted octanol–water partition coefficient (Wildman–Crippen LogP) is 1.59. The van der Waals surface area contributed by atoms with Crippen molar-refractivity contribution < 1.29 is 22.7 Å². The molecule has 7 nitrogen and oxygen atoms in total. The molecule has 2 aromatic carbocycles. The molecule has 2 aromatic rings.